The third kappa shape index (κ3) is 14.1. The van der Waals surface area contributed by atoms with E-state index in [0.717, 1.165) is 6.42 Å². The van der Waals surface area contributed by atoms with Gasteiger partial charge in [0, 0.05) is 6.54 Å². The third-order valence-electron chi connectivity index (χ3n) is 5.36. The number of rotatable bonds is 19. The molecule has 0 aliphatic carbocycles. The molecule has 208 valence electrons. The number of unbranched alkanes of at least 4 members (excludes halogenated alkanes) is 1. The molecule has 0 saturated heterocycles. The van der Waals surface area contributed by atoms with Crippen LogP contribution in [-0.4, -0.2) is 84.0 Å². The van der Waals surface area contributed by atoms with Gasteiger partial charge in [-0.2, -0.15) is 11.8 Å². The SMILES string of the molecule is CSCCC(NC(=O)C(NC(=O)C(CCCN=C(N)N)NC(=O)C(N)CCCCN)C(C)C)C(=O)O. The molecule has 3 amide bonds. The zero-order valence-corrected chi connectivity index (χ0v) is 22.3. The van der Waals surface area contributed by atoms with E-state index >= 15 is 0 Å². The van der Waals surface area contributed by atoms with Gasteiger partial charge in [0.25, 0.3) is 0 Å². The van der Waals surface area contributed by atoms with E-state index in [1.165, 1.54) is 11.8 Å². The van der Waals surface area contributed by atoms with Gasteiger partial charge in [0.1, 0.15) is 18.1 Å². The summed E-state index contributed by atoms with van der Waals surface area (Å²) in [5.74, 6) is -2.75. The van der Waals surface area contributed by atoms with E-state index in [1.807, 2.05) is 6.26 Å². The Bertz CT molecular complexity index is 733. The molecule has 13 nitrogen and oxygen atoms in total. The number of guanidine groups is 1. The molecule has 12 N–H and O–H groups in total. The van der Waals surface area contributed by atoms with Gasteiger partial charge >= 0.3 is 5.97 Å². The molecule has 4 unspecified atom stereocenters. The summed E-state index contributed by atoms with van der Waals surface area (Å²) < 4.78 is 0. The minimum atomic E-state index is -1.15. The normalized spacial score (nSPS) is 14.3. The van der Waals surface area contributed by atoms with Crippen LogP contribution < -0.4 is 38.9 Å². The van der Waals surface area contributed by atoms with Crippen LogP contribution in [0.2, 0.25) is 0 Å². The minimum Gasteiger partial charge on any atom is -0.480 e. The summed E-state index contributed by atoms with van der Waals surface area (Å²) in [7, 11) is 0. The minimum absolute atomic E-state index is 0.0898. The van der Waals surface area contributed by atoms with E-state index < -0.39 is 47.9 Å². The second-order valence-electron chi connectivity index (χ2n) is 8.81. The number of amides is 3. The molecule has 14 heteroatoms. The van der Waals surface area contributed by atoms with Crippen LogP contribution in [0, 0.1) is 5.92 Å². The summed E-state index contributed by atoms with van der Waals surface area (Å²) >= 11 is 1.46. The third-order valence-corrected chi connectivity index (χ3v) is 6.00. The Kier molecular flexibility index (Phi) is 17.3. The van der Waals surface area contributed by atoms with Gasteiger partial charge in [0.05, 0.1) is 6.04 Å². The summed E-state index contributed by atoms with van der Waals surface area (Å²) in [5, 5.41) is 17.2. The Morgan fingerprint density at radius 2 is 1.53 bits per heavy atom. The number of nitrogens with zero attached hydrogens (tertiary/aromatic N) is 1. The molecule has 0 aliphatic rings. The first-order valence-electron chi connectivity index (χ1n) is 12.1. The second kappa shape index (κ2) is 18.7. The number of carboxylic acid groups (broad SMARTS) is 1. The number of hydrogen-bond donors (Lipinski definition) is 8. The first-order chi connectivity index (χ1) is 16.9. The van der Waals surface area contributed by atoms with Crippen molar-refractivity contribution in [3.8, 4) is 0 Å². The molecule has 4 atom stereocenters. The lowest BCUT2D eigenvalue weighted by Gasteiger charge is -2.27. The van der Waals surface area contributed by atoms with Gasteiger partial charge in [-0.25, -0.2) is 4.79 Å². The van der Waals surface area contributed by atoms with Crippen molar-refractivity contribution in [2.45, 2.75) is 76.5 Å². The standard InChI is InChI=1S/C22H44N8O5S/c1-13(2)17(20(33)29-16(21(34)35)9-12-36-3)30-19(32)15(8-6-11-27-22(25)26)28-18(31)14(24)7-4-5-10-23/h13-17H,4-12,23-24H2,1-3H3,(H,28,31)(H,29,33)(H,30,32)(H,34,35)(H4,25,26,27). The largest absolute Gasteiger partial charge is 0.480 e. The average molecular weight is 533 g/mol. The van der Waals surface area contributed by atoms with Gasteiger partial charge in [-0.3, -0.25) is 19.4 Å². The highest BCUT2D eigenvalue weighted by Crippen LogP contribution is 2.08. The Morgan fingerprint density at radius 3 is 2.06 bits per heavy atom. The van der Waals surface area contributed by atoms with Crippen LogP contribution >= 0.6 is 11.8 Å². The highest BCUT2D eigenvalue weighted by atomic mass is 32.2. The Labute approximate surface area is 217 Å². The van der Waals surface area contributed by atoms with Crippen molar-refractivity contribution < 1.29 is 24.3 Å². The van der Waals surface area contributed by atoms with Crippen LogP contribution in [0.4, 0.5) is 0 Å². The maximum atomic E-state index is 13.1. The molecule has 0 rings (SSSR count). The van der Waals surface area contributed by atoms with Crippen molar-refractivity contribution in [2.24, 2.45) is 33.8 Å². The molecule has 0 aromatic carbocycles. The number of thioether (sulfide) groups is 1. The number of nitrogens with one attached hydrogen (secondary N) is 3. The molecule has 36 heavy (non-hydrogen) atoms. The van der Waals surface area contributed by atoms with Crippen molar-refractivity contribution in [1.29, 1.82) is 0 Å². The summed E-state index contributed by atoms with van der Waals surface area (Å²) in [6.07, 6.45) is 4.46. The number of nitrogens with two attached hydrogens (primary N) is 4. The Morgan fingerprint density at radius 1 is 0.889 bits per heavy atom. The van der Waals surface area contributed by atoms with Crippen molar-refractivity contribution in [1.82, 2.24) is 16.0 Å². The summed E-state index contributed by atoms with van der Waals surface area (Å²) in [6.45, 7) is 4.18. The fourth-order valence-electron chi connectivity index (χ4n) is 3.23. The van der Waals surface area contributed by atoms with E-state index in [0.29, 0.717) is 31.6 Å². The van der Waals surface area contributed by atoms with Crippen LogP contribution in [0.3, 0.4) is 0 Å². The molecular formula is C22H44N8O5S. The molecule has 0 aromatic heterocycles. The lowest BCUT2D eigenvalue weighted by atomic mass is 10.0. The number of aliphatic carboxylic acids is 1. The highest BCUT2D eigenvalue weighted by molar-refractivity contribution is 7.98. The second-order valence-corrected chi connectivity index (χ2v) is 9.80. The van der Waals surface area contributed by atoms with Gasteiger partial charge in [-0.1, -0.05) is 20.3 Å². The average Bonchev–Trinajstić information content (AvgIpc) is 2.80. The lowest BCUT2D eigenvalue weighted by molar-refractivity contribution is -0.142. The molecule has 0 saturated carbocycles. The fraction of sp³-hybridized carbons (Fsp3) is 0.773. The monoisotopic (exact) mass is 532 g/mol. The number of carbonyl (C=O) groups is 4. The van der Waals surface area contributed by atoms with Crippen LogP contribution in [0.5, 0.6) is 0 Å². The summed E-state index contributed by atoms with van der Waals surface area (Å²) in [5.41, 5.74) is 22.1. The van der Waals surface area contributed by atoms with Crippen molar-refractivity contribution >= 4 is 41.4 Å². The van der Waals surface area contributed by atoms with E-state index in [4.69, 9.17) is 22.9 Å². The summed E-state index contributed by atoms with van der Waals surface area (Å²) in [4.78, 5) is 54.0. The highest BCUT2D eigenvalue weighted by Gasteiger charge is 2.31. The van der Waals surface area contributed by atoms with Crippen LogP contribution in [-0.2, 0) is 19.2 Å². The molecule has 0 aliphatic heterocycles. The van der Waals surface area contributed by atoms with Crippen LogP contribution in [0.25, 0.3) is 0 Å². The first kappa shape index (κ1) is 33.4. The quantitative estimate of drug-likeness (QED) is 0.0540. The fourth-order valence-corrected chi connectivity index (χ4v) is 3.71. The number of carboxylic acids is 1. The molecule has 0 fully saturated rings. The van der Waals surface area contributed by atoms with Crippen molar-refractivity contribution in [3.63, 3.8) is 0 Å². The first-order valence-corrected chi connectivity index (χ1v) is 13.5. The Hall–Kier alpha value is -2.58. The van der Waals surface area contributed by atoms with Crippen LogP contribution in [0.1, 0.15) is 52.4 Å². The van der Waals surface area contributed by atoms with Gasteiger partial charge < -0.3 is 44.0 Å². The molecule has 0 bridgehead atoms. The maximum Gasteiger partial charge on any atom is 0.326 e. The van der Waals surface area contributed by atoms with E-state index in [9.17, 15) is 24.3 Å². The topological polar surface area (TPSA) is 241 Å². The van der Waals surface area contributed by atoms with E-state index in [1.54, 1.807) is 13.8 Å². The number of aliphatic imine (C=N–C) groups is 1. The van der Waals surface area contributed by atoms with E-state index in [2.05, 4.69) is 20.9 Å². The van der Waals surface area contributed by atoms with Gasteiger partial charge in [-0.15, -0.1) is 0 Å². The van der Waals surface area contributed by atoms with Crippen molar-refractivity contribution in [3.05, 3.63) is 0 Å². The maximum absolute atomic E-state index is 13.1. The predicted octanol–water partition coefficient (Wildman–Crippen LogP) is -1.56. The summed E-state index contributed by atoms with van der Waals surface area (Å²) in [6, 6.07) is -3.90. The molecule has 0 aromatic rings. The molecule has 0 spiro atoms. The lowest BCUT2D eigenvalue weighted by Crippen LogP contribution is -2.58. The predicted molar refractivity (Wildman–Crippen MR) is 142 cm³/mol. The number of hydrogen-bond acceptors (Lipinski definition) is 8. The molecule has 0 heterocycles. The van der Waals surface area contributed by atoms with Crippen LogP contribution in [0.15, 0.2) is 4.99 Å². The zero-order chi connectivity index (χ0) is 27.7. The van der Waals surface area contributed by atoms with Gasteiger partial charge in [0.15, 0.2) is 5.96 Å². The van der Waals surface area contributed by atoms with Gasteiger partial charge in [-0.05, 0) is 56.6 Å². The smallest absolute Gasteiger partial charge is 0.326 e. The molecule has 0 radical (unpaired) electrons. The van der Waals surface area contributed by atoms with E-state index in [-0.39, 0.29) is 31.3 Å². The van der Waals surface area contributed by atoms with Gasteiger partial charge in [0.2, 0.25) is 17.7 Å². The zero-order valence-electron chi connectivity index (χ0n) is 21.5. The van der Waals surface area contributed by atoms with Crippen molar-refractivity contribution in [2.75, 3.05) is 25.1 Å². The molecular weight excluding hydrogens is 488 g/mol. The Balaban J connectivity index is 5.44. The number of carbonyl (C=O) groups excluding carboxylic acids is 3.